The number of morpholine rings is 1. The molecule has 0 radical (unpaired) electrons. The summed E-state index contributed by atoms with van der Waals surface area (Å²) in [5.41, 5.74) is 2.95. The quantitative estimate of drug-likeness (QED) is 0.472. The zero-order valence-electron chi connectivity index (χ0n) is 21.1. The molecule has 36 heavy (non-hydrogen) atoms. The number of ether oxygens (including phenoxy) is 1. The zero-order valence-corrected chi connectivity index (χ0v) is 21.9. The molecule has 2 aromatic carbocycles. The summed E-state index contributed by atoms with van der Waals surface area (Å²) >= 11 is 0. The van der Waals surface area contributed by atoms with E-state index in [4.69, 9.17) is 4.74 Å². The number of aliphatic hydroxyl groups is 1. The van der Waals surface area contributed by atoms with E-state index in [0.717, 1.165) is 48.3 Å². The molecule has 1 saturated heterocycles. The molecule has 1 aromatic heterocycles. The van der Waals surface area contributed by atoms with Crippen LogP contribution in [0.15, 0.2) is 53.4 Å². The summed E-state index contributed by atoms with van der Waals surface area (Å²) in [4.78, 5) is 1.96. The molecule has 2 N–H and O–H groups in total. The van der Waals surface area contributed by atoms with E-state index in [9.17, 15) is 18.8 Å². The average molecular weight is 509 g/mol. The summed E-state index contributed by atoms with van der Waals surface area (Å²) in [6, 6.07) is 18.3. The third-order valence-corrected chi connectivity index (χ3v) is 8.27. The number of fused-ring (bicyclic) bond motifs is 1. The second-order valence-corrected chi connectivity index (χ2v) is 11.3. The molecular weight excluding hydrogens is 476 g/mol. The van der Waals surface area contributed by atoms with Crippen molar-refractivity contribution in [3.8, 4) is 17.3 Å². The highest BCUT2D eigenvalue weighted by Crippen LogP contribution is 2.31. The van der Waals surface area contributed by atoms with Gasteiger partial charge in [0.15, 0.2) is 4.91 Å². The Balaban J connectivity index is 1.68. The van der Waals surface area contributed by atoms with Crippen molar-refractivity contribution in [2.24, 2.45) is 7.05 Å². The zero-order chi connectivity index (χ0) is 26.1. The molecule has 2 heterocycles. The molecule has 4 rings (SSSR count). The summed E-state index contributed by atoms with van der Waals surface area (Å²) in [5.74, 6) is 0. The molecular formula is C27H32N4O4S. The van der Waals surface area contributed by atoms with Gasteiger partial charge in [0.2, 0.25) is 0 Å². The first kappa shape index (κ1) is 25.9. The Bertz CT molecular complexity index is 1460. The van der Waals surface area contributed by atoms with Crippen LogP contribution in [0.1, 0.15) is 26.5 Å². The van der Waals surface area contributed by atoms with Crippen LogP contribution in [0.2, 0.25) is 0 Å². The lowest BCUT2D eigenvalue weighted by molar-refractivity contribution is 0.122. The van der Waals surface area contributed by atoms with Crippen molar-refractivity contribution in [3.05, 3.63) is 59.1 Å². The van der Waals surface area contributed by atoms with Gasteiger partial charge in [-0.2, -0.15) is 5.26 Å². The minimum Gasteiger partial charge on any atom is -0.394 e. The lowest BCUT2D eigenvalue weighted by Gasteiger charge is -2.29. The minimum atomic E-state index is -4.12. The third-order valence-electron chi connectivity index (χ3n) is 6.52. The van der Waals surface area contributed by atoms with E-state index >= 15 is 0 Å². The van der Waals surface area contributed by atoms with Gasteiger partial charge in [0.05, 0.1) is 25.4 Å². The van der Waals surface area contributed by atoms with Crippen LogP contribution in [-0.4, -0.2) is 56.5 Å². The molecule has 1 fully saturated rings. The number of anilines is 1. The summed E-state index contributed by atoms with van der Waals surface area (Å²) in [6.07, 6.45) is 0. The first-order valence-corrected chi connectivity index (χ1v) is 13.3. The normalized spacial score (nSPS) is 15.6. The van der Waals surface area contributed by atoms with E-state index in [0.29, 0.717) is 11.3 Å². The summed E-state index contributed by atoms with van der Waals surface area (Å²) in [7, 11) is -2.27. The van der Waals surface area contributed by atoms with Gasteiger partial charge in [-0.25, -0.2) is 13.1 Å². The average Bonchev–Trinajstić information content (AvgIpc) is 3.24. The number of benzene rings is 2. The summed E-state index contributed by atoms with van der Waals surface area (Å²) in [5, 5.41) is 21.4. The van der Waals surface area contributed by atoms with Crippen molar-refractivity contribution in [1.29, 1.82) is 5.26 Å². The van der Waals surface area contributed by atoms with Gasteiger partial charge in [0, 0.05) is 42.8 Å². The van der Waals surface area contributed by atoms with Gasteiger partial charge in [0.25, 0.3) is 10.0 Å². The van der Waals surface area contributed by atoms with E-state index in [1.165, 1.54) is 5.69 Å². The van der Waals surface area contributed by atoms with E-state index in [1.54, 1.807) is 20.8 Å². The molecule has 0 atom stereocenters. The maximum absolute atomic E-state index is 12.9. The van der Waals surface area contributed by atoms with Crippen LogP contribution in [0.4, 0.5) is 5.69 Å². The van der Waals surface area contributed by atoms with Gasteiger partial charge in [-0.3, -0.25) is 0 Å². The summed E-state index contributed by atoms with van der Waals surface area (Å²) < 4.78 is 35.6. The number of allylic oxidation sites excluding steroid dienone is 2. The number of hydrogen-bond acceptors (Lipinski definition) is 6. The fraction of sp³-hybridized carbons (Fsp3) is 0.370. The Labute approximate surface area is 212 Å². The molecule has 3 aromatic rings. The lowest BCUT2D eigenvalue weighted by Crippen LogP contribution is -2.46. The van der Waals surface area contributed by atoms with E-state index in [-0.39, 0.29) is 4.91 Å². The van der Waals surface area contributed by atoms with Crippen LogP contribution < -0.4 is 9.62 Å². The lowest BCUT2D eigenvalue weighted by atomic mass is 10.0. The van der Waals surface area contributed by atoms with Crippen LogP contribution in [0.3, 0.4) is 0 Å². The van der Waals surface area contributed by atoms with Crippen LogP contribution in [0.5, 0.6) is 0 Å². The highest BCUT2D eigenvalue weighted by Gasteiger charge is 2.29. The first-order valence-electron chi connectivity index (χ1n) is 11.8. The maximum atomic E-state index is 12.9. The minimum absolute atomic E-state index is 0.337. The maximum Gasteiger partial charge on any atom is 0.251 e. The topological polar surface area (TPSA) is 108 Å². The SMILES string of the molecule is C/C(=C(/C#N)S(=O)(=O)NC(C)(C)CO)c1ccc(-c2ccc3cc(N4CCOCC4)ccc3c2)n1C. The van der Waals surface area contributed by atoms with Gasteiger partial charge in [0.1, 0.15) is 6.07 Å². The fourth-order valence-corrected chi connectivity index (χ4v) is 6.02. The van der Waals surface area contributed by atoms with Crippen molar-refractivity contribution in [2.45, 2.75) is 26.3 Å². The summed E-state index contributed by atoms with van der Waals surface area (Å²) in [6.45, 7) is 7.59. The van der Waals surface area contributed by atoms with Crippen LogP contribution in [0.25, 0.3) is 27.6 Å². The van der Waals surface area contributed by atoms with E-state index in [1.807, 2.05) is 29.8 Å². The predicted octanol–water partition coefficient (Wildman–Crippen LogP) is 3.63. The Kier molecular flexibility index (Phi) is 7.25. The van der Waals surface area contributed by atoms with Crippen LogP contribution in [0, 0.1) is 11.3 Å². The molecule has 0 spiro atoms. The van der Waals surface area contributed by atoms with Crippen molar-refractivity contribution in [3.63, 3.8) is 0 Å². The van der Waals surface area contributed by atoms with Gasteiger partial charge in [-0.1, -0.05) is 18.2 Å². The first-order chi connectivity index (χ1) is 17.1. The number of nitrogens with one attached hydrogen (secondary N) is 1. The van der Waals surface area contributed by atoms with Gasteiger partial charge >= 0.3 is 0 Å². The second kappa shape index (κ2) is 10.1. The highest BCUT2D eigenvalue weighted by molar-refractivity contribution is 7.94. The third kappa shape index (κ3) is 5.18. The monoisotopic (exact) mass is 508 g/mol. The van der Waals surface area contributed by atoms with Crippen molar-refractivity contribution >= 4 is 32.1 Å². The predicted molar refractivity (Wildman–Crippen MR) is 143 cm³/mol. The molecule has 1 aliphatic rings. The Morgan fingerprint density at radius 2 is 1.78 bits per heavy atom. The molecule has 0 saturated carbocycles. The number of rotatable bonds is 7. The molecule has 0 bridgehead atoms. The number of nitriles is 1. The number of aliphatic hydroxyl groups excluding tert-OH is 1. The number of nitrogens with zero attached hydrogens (tertiary/aromatic N) is 3. The fourth-order valence-electron chi connectivity index (χ4n) is 4.50. The molecule has 9 heteroatoms. The molecule has 1 aliphatic heterocycles. The van der Waals surface area contributed by atoms with Gasteiger partial charge in [-0.05, 0) is 67.4 Å². The number of sulfonamides is 1. The van der Waals surface area contributed by atoms with Crippen molar-refractivity contribution < 1.29 is 18.3 Å². The Morgan fingerprint density at radius 3 is 2.44 bits per heavy atom. The van der Waals surface area contributed by atoms with Crippen LogP contribution >= 0.6 is 0 Å². The standard InChI is InChI=1S/C27H32N4O4S/c1-19(26(17-28)36(33,34)29-27(2,3)18-32)24-9-10-25(30(24)4)22-6-5-21-16-23(8-7-20(21)15-22)31-11-13-35-14-12-31/h5-10,15-16,29,32H,11-14,18H2,1-4H3/b26-19+. The van der Waals surface area contributed by atoms with Gasteiger partial charge < -0.3 is 19.3 Å². The molecule has 0 aliphatic carbocycles. The van der Waals surface area contributed by atoms with Crippen LogP contribution in [-0.2, 0) is 21.8 Å². The molecule has 0 amide bonds. The highest BCUT2D eigenvalue weighted by atomic mass is 32.2. The molecule has 190 valence electrons. The number of hydrogen-bond donors (Lipinski definition) is 2. The number of aromatic nitrogens is 1. The molecule has 0 unspecified atom stereocenters. The molecule has 8 nitrogen and oxygen atoms in total. The van der Waals surface area contributed by atoms with Gasteiger partial charge in [-0.15, -0.1) is 0 Å². The Hall–Kier alpha value is -3.16. The van der Waals surface area contributed by atoms with E-state index < -0.39 is 22.2 Å². The van der Waals surface area contributed by atoms with Crippen molar-refractivity contribution in [1.82, 2.24) is 9.29 Å². The largest absolute Gasteiger partial charge is 0.394 e. The second-order valence-electron chi connectivity index (χ2n) is 9.72. The van der Waals surface area contributed by atoms with E-state index in [2.05, 4.69) is 46.0 Å². The Morgan fingerprint density at radius 1 is 1.11 bits per heavy atom. The smallest absolute Gasteiger partial charge is 0.251 e. The van der Waals surface area contributed by atoms with Crippen molar-refractivity contribution in [2.75, 3.05) is 37.8 Å².